The first-order chi connectivity index (χ1) is 9.83. The van der Waals surface area contributed by atoms with Crippen LogP contribution in [0.25, 0.3) is 0 Å². The Balaban J connectivity index is 1.80. The Hall–Kier alpha value is -2.09. The van der Waals surface area contributed by atoms with Gasteiger partial charge in [0.2, 0.25) is 0 Å². The molecule has 3 atom stereocenters. The fraction of sp³-hybridized carbons (Fsp3) is 0.278. The minimum atomic E-state index is 0.383. The van der Waals surface area contributed by atoms with E-state index in [1.54, 1.807) is 0 Å². The zero-order chi connectivity index (χ0) is 13.5. The minimum Gasteiger partial charge on any atom is -0.378 e. The van der Waals surface area contributed by atoms with Gasteiger partial charge in [0.15, 0.2) is 0 Å². The number of hydrogen-bond acceptors (Lipinski definition) is 2. The van der Waals surface area contributed by atoms with Crippen LogP contribution in [-0.2, 0) is 0 Å². The lowest BCUT2D eigenvalue weighted by atomic mass is 9.77. The third kappa shape index (κ3) is 1.75. The second-order valence-electron chi connectivity index (χ2n) is 5.85. The first-order valence-corrected chi connectivity index (χ1v) is 7.26. The number of fused-ring (bicyclic) bond motifs is 3. The lowest BCUT2D eigenvalue weighted by Gasteiger charge is -2.37. The van der Waals surface area contributed by atoms with E-state index in [-0.39, 0.29) is 0 Å². The molecule has 0 bridgehead atoms. The van der Waals surface area contributed by atoms with Gasteiger partial charge < -0.3 is 5.32 Å². The monoisotopic (exact) mass is 262 g/mol. The van der Waals surface area contributed by atoms with Crippen molar-refractivity contribution in [2.24, 2.45) is 5.92 Å². The van der Waals surface area contributed by atoms with Crippen molar-refractivity contribution in [2.45, 2.75) is 25.3 Å². The molecule has 4 rings (SSSR count). The summed E-state index contributed by atoms with van der Waals surface area (Å²) < 4.78 is 0. The summed E-state index contributed by atoms with van der Waals surface area (Å²) in [4.78, 5) is 4.14. The number of nitrogens with one attached hydrogen (secondary N) is 1. The van der Waals surface area contributed by atoms with Crippen LogP contribution in [0.5, 0.6) is 0 Å². The number of rotatable bonds is 1. The zero-order valence-corrected chi connectivity index (χ0v) is 11.6. The van der Waals surface area contributed by atoms with Crippen LogP contribution in [0.4, 0.5) is 5.69 Å². The first kappa shape index (κ1) is 11.7. The van der Waals surface area contributed by atoms with Gasteiger partial charge in [-0.15, -0.1) is 0 Å². The van der Waals surface area contributed by atoms with E-state index in [1.165, 1.54) is 22.4 Å². The predicted molar refractivity (Wildman–Crippen MR) is 81.8 cm³/mol. The number of nitrogens with zero attached hydrogens (tertiary/aromatic N) is 1. The molecule has 1 aliphatic heterocycles. The van der Waals surface area contributed by atoms with Crippen molar-refractivity contribution < 1.29 is 0 Å². The second-order valence-corrected chi connectivity index (χ2v) is 5.85. The van der Waals surface area contributed by atoms with Gasteiger partial charge in [-0.25, -0.2) is 0 Å². The maximum atomic E-state index is 4.14. The summed E-state index contributed by atoms with van der Waals surface area (Å²) in [5.41, 5.74) is 5.41. The Morgan fingerprint density at radius 2 is 2.00 bits per heavy atom. The molecule has 1 aromatic carbocycles. The van der Waals surface area contributed by atoms with E-state index in [2.05, 4.69) is 59.7 Å². The largest absolute Gasteiger partial charge is 0.378 e. The quantitative estimate of drug-likeness (QED) is 0.778. The molecule has 20 heavy (non-hydrogen) atoms. The Bertz CT molecular complexity index is 660. The van der Waals surface area contributed by atoms with Crippen LogP contribution < -0.4 is 5.32 Å². The maximum absolute atomic E-state index is 4.14. The maximum Gasteiger partial charge on any atom is 0.0555 e. The number of anilines is 1. The van der Waals surface area contributed by atoms with Gasteiger partial charge in [-0.05, 0) is 48.6 Å². The molecule has 0 radical (unpaired) electrons. The van der Waals surface area contributed by atoms with Crippen LogP contribution in [0.2, 0.25) is 0 Å². The summed E-state index contributed by atoms with van der Waals surface area (Å²) in [6, 6.07) is 11.4. The highest BCUT2D eigenvalue weighted by atomic mass is 15.0. The highest BCUT2D eigenvalue weighted by Crippen LogP contribution is 2.49. The Morgan fingerprint density at radius 1 is 1.15 bits per heavy atom. The van der Waals surface area contributed by atoms with E-state index in [0.717, 1.165) is 6.42 Å². The molecule has 0 unspecified atom stereocenters. The SMILES string of the molecule is Cc1ccc2c(c1)[C@H]1C=CC[C@@H]1[C@H](c1ccncc1)N2. The normalized spacial score (nSPS) is 26.8. The van der Waals surface area contributed by atoms with E-state index in [1.807, 2.05) is 12.4 Å². The van der Waals surface area contributed by atoms with E-state index in [4.69, 9.17) is 0 Å². The number of allylic oxidation sites excluding steroid dienone is 2. The Labute approximate surface area is 119 Å². The number of aromatic nitrogens is 1. The smallest absolute Gasteiger partial charge is 0.0555 e. The van der Waals surface area contributed by atoms with Gasteiger partial charge in [-0.1, -0.05) is 29.8 Å². The van der Waals surface area contributed by atoms with Crippen LogP contribution in [0, 0.1) is 12.8 Å². The summed E-state index contributed by atoms with van der Waals surface area (Å²) in [5.74, 6) is 1.16. The van der Waals surface area contributed by atoms with Crippen molar-refractivity contribution in [3.8, 4) is 0 Å². The van der Waals surface area contributed by atoms with E-state index in [9.17, 15) is 0 Å². The molecule has 0 saturated heterocycles. The fourth-order valence-corrected chi connectivity index (χ4v) is 3.61. The molecule has 1 aliphatic carbocycles. The molecule has 0 spiro atoms. The van der Waals surface area contributed by atoms with Gasteiger partial charge in [0.25, 0.3) is 0 Å². The molecule has 100 valence electrons. The molecule has 1 aromatic heterocycles. The van der Waals surface area contributed by atoms with Gasteiger partial charge >= 0.3 is 0 Å². The molecule has 2 aromatic rings. The first-order valence-electron chi connectivity index (χ1n) is 7.26. The van der Waals surface area contributed by atoms with Gasteiger partial charge in [-0.3, -0.25) is 4.98 Å². The Kier molecular flexibility index (Phi) is 2.62. The molecular weight excluding hydrogens is 244 g/mol. The highest BCUT2D eigenvalue weighted by molar-refractivity contribution is 5.60. The summed E-state index contributed by atoms with van der Waals surface area (Å²) in [6.07, 6.45) is 9.65. The average Bonchev–Trinajstić information content (AvgIpc) is 2.97. The summed E-state index contributed by atoms with van der Waals surface area (Å²) in [6.45, 7) is 2.17. The highest BCUT2D eigenvalue weighted by Gasteiger charge is 2.37. The third-order valence-corrected chi connectivity index (χ3v) is 4.58. The van der Waals surface area contributed by atoms with Crippen molar-refractivity contribution >= 4 is 5.69 Å². The number of hydrogen-bond donors (Lipinski definition) is 1. The van der Waals surface area contributed by atoms with Crippen molar-refractivity contribution in [3.05, 3.63) is 71.6 Å². The van der Waals surface area contributed by atoms with Crippen molar-refractivity contribution in [2.75, 3.05) is 5.32 Å². The number of benzene rings is 1. The third-order valence-electron chi connectivity index (χ3n) is 4.58. The topological polar surface area (TPSA) is 24.9 Å². The molecule has 0 amide bonds. The standard InChI is InChI=1S/C18H18N2/c1-12-5-6-17-16(11-12)14-3-2-4-15(14)18(20-17)13-7-9-19-10-8-13/h2-3,5-11,14-15,18,20H,4H2,1H3/t14-,15-,18-/m0/s1. The Morgan fingerprint density at radius 3 is 2.85 bits per heavy atom. The lowest BCUT2D eigenvalue weighted by Crippen LogP contribution is -2.29. The van der Waals surface area contributed by atoms with Crippen molar-refractivity contribution in [1.29, 1.82) is 0 Å². The van der Waals surface area contributed by atoms with Gasteiger partial charge in [0.05, 0.1) is 6.04 Å². The molecule has 0 fully saturated rings. The van der Waals surface area contributed by atoms with E-state index < -0.39 is 0 Å². The second kappa shape index (κ2) is 4.48. The summed E-state index contributed by atoms with van der Waals surface area (Å²) in [5, 5.41) is 3.74. The van der Waals surface area contributed by atoms with Crippen LogP contribution in [0.15, 0.2) is 54.9 Å². The average molecular weight is 262 g/mol. The summed E-state index contributed by atoms with van der Waals surface area (Å²) >= 11 is 0. The molecule has 0 saturated carbocycles. The van der Waals surface area contributed by atoms with E-state index >= 15 is 0 Å². The van der Waals surface area contributed by atoms with Crippen molar-refractivity contribution in [1.82, 2.24) is 4.98 Å². The molecular formula is C18H18N2. The molecule has 2 heterocycles. The molecule has 2 aliphatic rings. The van der Waals surface area contributed by atoms with Crippen LogP contribution >= 0.6 is 0 Å². The molecule has 2 heteroatoms. The van der Waals surface area contributed by atoms with Crippen LogP contribution in [0.1, 0.15) is 35.1 Å². The van der Waals surface area contributed by atoms with E-state index in [0.29, 0.717) is 17.9 Å². The molecule has 1 N–H and O–H groups in total. The summed E-state index contributed by atoms with van der Waals surface area (Å²) in [7, 11) is 0. The van der Waals surface area contributed by atoms with Gasteiger partial charge in [-0.2, -0.15) is 0 Å². The van der Waals surface area contributed by atoms with Crippen LogP contribution in [-0.4, -0.2) is 4.98 Å². The number of pyridine rings is 1. The van der Waals surface area contributed by atoms with Crippen molar-refractivity contribution in [3.63, 3.8) is 0 Å². The number of aryl methyl sites for hydroxylation is 1. The lowest BCUT2D eigenvalue weighted by molar-refractivity contribution is 0.425. The predicted octanol–water partition coefficient (Wildman–Crippen LogP) is 4.22. The zero-order valence-electron chi connectivity index (χ0n) is 11.6. The van der Waals surface area contributed by atoms with Crippen LogP contribution in [0.3, 0.4) is 0 Å². The minimum absolute atomic E-state index is 0.383. The van der Waals surface area contributed by atoms with Gasteiger partial charge in [0, 0.05) is 24.0 Å². The fourth-order valence-electron chi connectivity index (χ4n) is 3.61. The molecule has 2 nitrogen and oxygen atoms in total. The van der Waals surface area contributed by atoms with Gasteiger partial charge in [0.1, 0.15) is 0 Å².